The molecule has 2 aromatic carbocycles. The third-order valence-corrected chi connectivity index (χ3v) is 4.28. The predicted molar refractivity (Wildman–Crippen MR) is 105 cm³/mol. The van der Waals surface area contributed by atoms with Gasteiger partial charge in [-0.05, 0) is 35.4 Å². The Bertz CT molecular complexity index is 890. The first-order chi connectivity index (χ1) is 13.7. The smallest absolute Gasteiger partial charge is 0.287 e. The summed E-state index contributed by atoms with van der Waals surface area (Å²) in [6, 6.07) is 19.4. The van der Waals surface area contributed by atoms with E-state index in [1.54, 1.807) is 19.2 Å². The predicted octanol–water partition coefficient (Wildman–Crippen LogP) is 2.95. The standard InChI is InChI=1S/C22H22N2O4/c1-27-18-11-9-17(10-12-18)15-23-21(25)19(14-16-6-3-2-4-7-16)24-22(26)20-8-5-13-28-20/h2-13,19H,14-15H2,1H3,(H,23,25)(H,24,26)/t19-/m1/s1. The van der Waals surface area contributed by atoms with Crippen LogP contribution < -0.4 is 15.4 Å². The van der Waals surface area contributed by atoms with Crippen LogP contribution in [0, 0.1) is 0 Å². The molecule has 6 nitrogen and oxygen atoms in total. The van der Waals surface area contributed by atoms with Crippen molar-refractivity contribution in [2.45, 2.75) is 19.0 Å². The summed E-state index contributed by atoms with van der Waals surface area (Å²) in [6.45, 7) is 0.352. The fraction of sp³-hybridized carbons (Fsp3) is 0.182. The lowest BCUT2D eigenvalue weighted by molar-refractivity contribution is -0.123. The molecule has 144 valence electrons. The lowest BCUT2D eigenvalue weighted by Gasteiger charge is -2.18. The van der Waals surface area contributed by atoms with E-state index in [1.165, 1.54) is 6.26 Å². The molecule has 0 aliphatic rings. The van der Waals surface area contributed by atoms with E-state index in [-0.39, 0.29) is 11.7 Å². The Morgan fingerprint density at radius 2 is 1.71 bits per heavy atom. The van der Waals surface area contributed by atoms with Gasteiger partial charge in [0.1, 0.15) is 11.8 Å². The lowest BCUT2D eigenvalue weighted by Crippen LogP contribution is -2.47. The van der Waals surface area contributed by atoms with E-state index >= 15 is 0 Å². The van der Waals surface area contributed by atoms with E-state index in [0.717, 1.165) is 16.9 Å². The molecule has 0 radical (unpaired) electrons. The van der Waals surface area contributed by atoms with E-state index in [2.05, 4.69) is 10.6 Å². The van der Waals surface area contributed by atoms with Crippen LogP contribution >= 0.6 is 0 Å². The van der Waals surface area contributed by atoms with Gasteiger partial charge in [0.05, 0.1) is 13.4 Å². The van der Waals surface area contributed by atoms with Crippen LogP contribution in [0.3, 0.4) is 0 Å². The number of carbonyl (C=O) groups is 2. The van der Waals surface area contributed by atoms with Gasteiger partial charge in [0.25, 0.3) is 5.91 Å². The molecule has 6 heteroatoms. The van der Waals surface area contributed by atoms with Crippen LogP contribution in [0.4, 0.5) is 0 Å². The van der Waals surface area contributed by atoms with Crippen molar-refractivity contribution >= 4 is 11.8 Å². The molecular weight excluding hydrogens is 356 g/mol. The van der Waals surface area contributed by atoms with Gasteiger partial charge in [-0.1, -0.05) is 42.5 Å². The van der Waals surface area contributed by atoms with E-state index in [0.29, 0.717) is 13.0 Å². The van der Waals surface area contributed by atoms with Gasteiger partial charge in [-0.3, -0.25) is 9.59 Å². The first kappa shape index (κ1) is 19.2. The normalized spacial score (nSPS) is 11.5. The Labute approximate surface area is 163 Å². The Hall–Kier alpha value is -3.54. The third kappa shape index (κ3) is 5.23. The zero-order valence-electron chi connectivity index (χ0n) is 15.6. The number of rotatable bonds is 8. The molecule has 0 saturated carbocycles. The number of methoxy groups -OCH3 is 1. The second-order valence-electron chi connectivity index (χ2n) is 6.26. The Morgan fingerprint density at radius 1 is 0.964 bits per heavy atom. The molecule has 0 fully saturated rings. The maximum atomic E-state index is 12.8. The maximum Gasteiger partial charge on any atom is 0.287 e. The number of ether oxygens (including phenoxy) is 1. The van der Waals surface area contributed by atoms with Gasteiger partial charge in [0, 0.05) is 13.0 Å². The largest absolute Gasteiger partial charge is 0.497 e. The highest BCUT2D eigenvalue weighted by atomic mass is 16.5. The highest BCUT2D eigenvalue weighted by Crippen LogP contribution is 2.11. The van der Waals surface area contributed by atoms with E-state index < -0.39 is 11.9 Å². The molecular formula is C22H22N2O4. The first-order valence-corrected chi connectivity index (χ1v) is 8.94. The second-order valence-corrected chi connectivity index (χ2v) is 6.26. The van der Waals surface area contributed by atoms with Crippen molar-refractivity contribution in [3.05, 3.63) is 89.9 Å². The minimum atomic E-state index is -0.724. The summed E-state index contributed by atoms with van der Waals surface area (Å²) in [4.78, 5) is 25.1. The SMILES string of the molecule is COc1ccc(CNC(=O)[C@@H](Cc2ccccc2)NC(=O)c2ccco2)cc1. The maximum absolute atomic E-state index is 12.8. The van der Waals surface area contributed by atoms with Crippen LogP contribution in [-0.4, -0.2) is 25.0 Å². The molecule has 0 aliphatic carbocycles. The van der Waals surface area contributed by atoms with E-state index in [4.69, 9.17) is 9.15 Å². The minimum absolute atomic E-state index is 0.168. The Balaban J connectivity index is 1.67. The highest BCUT2D eigenvalue weighted by Gasteiger charge is 2.22. The molecule has 1 heterocycles. The number of nitrogens with one attached hydrogen (secondary N) is 2. The Kier molecular flexibility index (Phi) is 6.46. The molecule has 0 saturated heterocycles. The fourth-order valence-corrected chi connectivity index (χ4v) is 2.75. The third-order valence-electron chi connectivity index (χ3n) is 4.28. The lowest BCUT2D eigenvalue weighted by atomic mass is 10.0. The molecule has 3 aromatic rings. The summed E-state index contributed by atoms with van der Waals surface area (Å²) in [5, 5.41) is 5.64. The topological polar surface area (TPSA) is 80.6 Å². The van der Waals surface area contributed by atoms with Gasteiger partial charge < -0.3 is 19.8 Å². The summed E-state index contributed by atoms with van der Waals surface area (Å²) in [5.74, 6) is 0.230. The van der Waals surface area contributed by atoms with Gasteiger partial charge >= 0.3 is 0 Å². The Morgan fingerprint density at radius 3 is 2.36 bits per heavy atom. The molecule has 0 spiro atoms. The zero-order chi connectivity index (χ0) is 19.8. The van der Waals surface area contributed by atoms with Crippen molar-refractivity contribution in [1.82, 2.24) is 10.6 Å². The highest BCUT2D eigenvalue weighted by molar-refractivity contribution is 5.95. The van der Waals surface area contributed by atoms with Crippen molar-refractivity contribution in [3.63, 3.8) is 0 Å². The minimum Gasteiger partial charge on any atom is -0.497 e. The van der Waals surface area contributed by atoms with Crippen LogP contribution in [0.5, 0.6) is 5.75 Å². The van der Waals surface area contributed by atoms with Crippen LogP contribution in [0.15, 0.2) is 77.4 Å². The molecule has 0 unspecified atom stereocenters. The zero-order valence-corrected chi connectivity index (χ0v) is 15.6. The number of hydrogen-bond donors (Lipinski definition) is 2. The number of furan rings is 1. The van der Waals surface area contributed by atoms with Gasteiger partial charge in [-0.15, -0.1) is 0 Å². The number of amides is 2. The molecule has 28 heavy (non-hydrogen) atoms. The van der Waals surface area contributed by atoms with Gasteiger partial charge in [-0.2, -0.15) is 0 Å². The van der Waals surface area contributed by atoms with Crippen LogP contribution in [0.2, 0.25) is 0 Å². The van der Waals surface area contributed by atoms with E-state index in [1.807, 2.05) is 54.6 Å². The molecule has 3 rings (SSSR count). The molecule has 2 amide bonds. The van der Waals surface area contributed by atoms with Crippen molar-refractivity contribution in [2.75, 3.05) is 7.11 Å². The van der Waals surface area contributed by atoms with Crippen LogP contribution in [-0.2, 0) is 17.8 Å². The molecule has 1 aromatic heterocycles. The van der Waals surface area contributed by atoms with Crippen molar-refractivity contribution in [3.8, 4) is 5.75 Å². The fourth-order valence-electron chi connectivity index (χ4n) is 2.75. The van der Waals surface area contributed by atoms with Gasteiger partial charge in [0.15, 0.2) is 5.76 Å². The average molecular weight is 378 g/mol. The number of benzene rings is 2. The summed E-state index contributed by atoms with van der Waals surface area (Å²) < 4.78 is 10.3. The summed E-state index contributed by atoms with van der Waals surface area (Å²) in [6.07, 6.45) is 1.80. The quantitative estimate of drug-likeness (QED) is 0.632. The van der Waals surface area contributed by atoms with Crippen molar-refractivity contribution in [2.24, 2.45) is 0 Å². The summed E-state index contributed by atoms with van der Waals surface area (Å²) in [5.41, 5.74) is 1.89. The molecule has 1 atom stereocenters. The second kappa shape index (κ2) is 9.41. The van der Waals surface area contributed by atoms with Gasteiger partial charge in [-0.25, -0.2) is 0 Å². The van der Waals surface area contributed by atoms with Crippen LogP contribution in [0.25, 0.3) is 0 Å². The van der Waals surface area contributed by atoms with Gasteiger partial charge in [0.2, 0.25) is 5.91 Å². The molecule has 0 bridgehead atoms. The molecule has 0 aliphatic heterocycles. The van der Waals surface area contributed by atoms with Crippen molar-refractivity contribution in [1.29, 1.82) is 0 Å². The number of hydrogen-bond acceptors (Lipinski definition) is 4. The summed E-state index contributed by atoms with van der Waals surface area (Å²) in [7, 11) is 1.60. The summed E-state index contributed by atoms with van der Waals surface area (Å²) >= 11 is 0. The van der Waals surface area contributed by atoms with Crippen LogP contribution in [0.1, 0.15) is 21.7 Å². The average Bonchev–Trinajstić information content (AvgIpc) is 3.28. The monoisotopic (exact) mass is 378 g/mol. The molecule has 2 N–H and O–H groups in total. The van der Waals surface area contributed by atoms with Crippen molar-refractivity contribution < 1.29 is 18.7 Å². The van der Waals surface area contributed by atoms with E-state index in [9.17, 15) is 9.59 Å². The number of carbonyl (C=O) groups excluding carboxylic acids is 2. The first-order valence-electron chi connectivity index (χ1n) is 8.94.